The molecule has 2 rings (SSSR count). The van der Waals surface area contributed by atoms with Gasteiger partial charge in [0.15, 0.2) is 0 Å². The molecule has 1 saturated heterocycles. The fraction of sp³-hybridized carbons (Fsp3) is 0.385. The molecule has 1 fully saturated rings. The summed E-state index contributed by atoms with van der Waals surface area (Å²) in [6, 6.07) is 3.42. The number of carbonyl (C=O) groups is 2. The largest absolute Gasteiger partial charge is 0.478 e. The van der Waals surface area contributed by atoms with Crippen LogP contribution in [-0.2, 0) is 9.53 Å². The lowest BCUT2D eigenvalue weighted by molar-refractivity contribution is -0.119. The molecule has 1 aromatic rings. The van der Waals surface area contributed by atoms with E-state index in [9.17, 15) is 14.0 Å². The summed E-state index contributed by atoms with van der Waals surface area (Å²) in [7, 11) is 0. The highest BCUT2D eigenvalue weighted by molar-refractivity contribution is 5.94. The Bertz CT molecular complexity index is 515. The molecule has 0 aromatic heterocycles. The standard InChI is InChI=1S/C13H15FN2O4/c14-11-2-1-8(5-10(11)13(18)19)16-12(17)6-9-7-15-3-4-20-9/h1-2,5,9,15H,3-4,6-7H2,(H,16,17)(H,18,19). The summed E-state index contributed by atoms with van der Waals surface area (Å²) in [5.41, 5.74) is -0.226. The van der Waals surface area contributed by atoms with Crippen molar-refractivity contribution < 1.29 is 23.8 Å². The summed E-state index contributed by atoms with van der Waals surface area (Å²) in [5, 5.41) is 14.4. The number of benzene rings is 1. The van der Waals surface area contributed by atoms with Gasteiger partial charge in [0.2, 0.25) is 5.91 Å². The Morgan fingerprint density at radius 3 is 2.95 bits per heavy atom. The second-order valence-corrected chi connectivity index (χ2v) is 4.45. The minimum absolute atomic E-state index is 0.160. The smallest absolute Gasteiger partial charge is 0.338 e. The van der Waals surface area contributed by atoms with E-state index >= 15 is 0 Å². The lowest BCUT2D eigenvalue weighted by Crippen LogP contribution is -2.40. The molecule has 1 atom stereocenters. The van der Waals surface area contributed by atoms with Crippen molar-refractivity contribution in [3.8, 4) is 0 Å². The maximum atomic E-state index is 13.2. The molecule has 1 aromatic carbocycles. The summed E-state index contributed by atoms with van der Waals surface area (Å²) in [6.45, 7) is 1.91. The molecule has 108 valence electrons. The van der Waals surface area contributed by atoms with Gasteiger partial charge in [0, 0.05) is 18.8 Å². The predicted molar refractivity (Wildman–Crippen MR) is 69.2 cm³/mol. The third kappa shape index (κ3) is 3.75. The van der Waals surface area contributed by atoms with Crippen molar-refractivity contribution in [2.45, 2.75) is 12.5 Å². The van der Waals surface area contributed by atoms with Gasteiger partial charge in [-0.3, -0.25) is 4.79 Å². The van der Waals surface area contributed by atoms with E-state index in [1.165, 1.54) is 6.07 Å². The molecule has 1 aliphatic heterocycles. The van der Waals surface area contributed by atoms with Crippen LogP contribution in [0.5, 0.6) is 0 Å². The molecule has 6 nitrogen and oxygen atoms in total. The zero-order chi connectivity index (χ0) is 14.5. The van der Waals surface area contributed by atoms with Crippen LogP contribution in [0.2, 0.25) is 0 Å². The summed E-state index contributed by atoms with van der Waals surface area (Å²) in [4.78, 5) is 22.6. The summed E-state index contributed by atoms with van der Waals surface area (Å²) >= 11 is 0. The van der Waals surface area contributed by atoms with E-state index < -0.39 is 17.3 Å². The molecular formula is C13H15FN2O4. The predicted octanol–water partition coefficient (Wildman–Crippen LogP) is 0.841. The summed E-state index contributed by atoms with van der Waals surface area (Å²) in [6.07, 6.45) is -0.0459. The van der Waals surface area contributed by atoms with Gasteiger partial charge in [-0.05, 0) is 18.2 Å². The van der Waals surface area contributed by atoms with E-state index in [1.54, 1.807) is 0 Å². The van der Waals surface area contributed by atoms with Crippen molar-refractivity contribution in [2.24, 2.45) is 0 Å². The highest BCUT2D eigenvalue weighted by atomic mass is 19.1. The zero-order valence-corrected chi connectivity index (χ0v) is 10.7. The molecule has 0 radical (unpaired) electrons. The van der Waals surface area contributed by atoms with Crippen molar-refractivity contribution in [3.63, 3.8) is 0 Å². The van der Waals surface area contributed by atoms with E-state index in [-0.39, 0.29) is 24.1 Å². The highest BCUT2D eigenvalue weighted by Gasteiger charge is 2.18. The molecule has 20 heavy (non-hydrogen) atoms. The molecule has 7 heteroatoms. The van der Waals surface area contributed by atoms with Crippen LogP contribution < -0.4 is 10.6 Å². The lowest BCUT2D eigenvalue weighted by Gasteiger charge is -2.23. The van der Waals surface area contributed by atoms with Crippen molar-refractivity contribution in [3.05, 3.63) is 29.6 Å². The van der Waals surface area contributed by atoms with Crippen molar-refractivity contribution >= 4 is 17.6 Å². The van der Waals surface area contributed by atoms with Crippen LogP contribution in [0.3, 0.4) is 0 Å². The minimum atomic E-state index is -1.38. The second-order valence-electron chi connectivity index (χ2n) is 4.45. The number of halogens is 1. The molecule has 1 unspecified atom stereocenters. The number of rotatable bonds is 4. The van der Waals surface area contributed by atoms with Gasteiger partial charge >= 0.3 is 5.97 Å². The highest BCUT2D eigenvalue weighted by Crippen LogP contribution is 2.15. The molecule has 0 bridgehead atoms. The number of aromatic carboxylic acids is 1. The Hall–Kier alpha value is -1.99. The first-order valence-corrected chi connectivity index (χ1v) is 6.21. The number of nitrogens with one attached hydrogen (secondary N) is 2. The van der Waals surface area contributed by atoms with Crippen molar-refractivity contribution in [1.82, 2.24) is 5.32 Å². The van der Waals surface area contributed by atoms with Gasteiger partial charge in [-0.1, -0.05) is 0 Å². The van der Waals surface area contributed by atoms with Crippen LogP contribution in [0.15, 0.2) is 18.2 Å². The third-order valence-electron chi connectivity index (χ3n) is 2.90. The fourth-order valence-electron chi connectivity index (χ4n) is 1.94. The number of ether oxygens (including phenoxy) is 1. The van der Waals surface area contributed by atoms with Gasteiger partial charge in [0.05, 0.1) is 24.7 Å². The van der Waals surface area contributed by atoms with Crippen molar-refractivity contribution in [1.29, 1.82) is 0 Å². The van der Waals surface area contributed by atoms with Gasteiger partial charge in [-0.25, -0.2) is 9.18 Å². The summed E-state index contributed by atoms with van der Waals surface area (Å²) in [5.74, 6) is -2.52. The average molecular weight is 282 g/mol. The first-order chi connectivity index (χ1) is 9.56. The number of hydrogen-bond donors (Lipinski definition) is 3. The first-order valence-electron chi connectivity index (χ1n) is 6.21. The lowest BCUT2D eigenvalue weighted by atomic mass is 10.1. The number of hydrogen-bond acceptors (Lipinski definition) is 4. The van der Waals surface area contributed by atoms with Gasteiger partial charge in [-0.2, -0.15) is 0 Å². The van der Waals surface area contributed by atoms with Crippen LogP contribution in [-0.4, -0.2) is 42.8 Å². The van der Waals surface area contributed by atoms with E-state index in [0.717, 1.165) is 18.7 Å². The topological polar surface area (TPSA) is 87.7 Å². The molecule has 0 aliphatic carbocycles. The Kier molecular flexibility index (Phi) is 4.65. The molecule has 3 N–H and O–H groups in total. The van der Waals surface area contributed by atoms with Gasteiger partial charge in [0.25, 0.3) is 0 Å². The Morgan fingerprint density at radius 1 is 1.50 bits per heavy atom. The maximum absolute atomic E-state index is 13.2. The van der Waals surface area contributed by atoms with E-state index in [1.807, 2.05) is 0 Å². The first kappa shape index (κ1) is 14.4. The number of morpholine rings is 1. The second kappa shape index (κ2) is 6.44. The average Bonchev–Trinajstić information content (AvgIpc) is 2.41. The Balaban J connectivity index is 1.96. The minimum Gasteiger partial charge on any atom is -0.478 e. The Labute approximate surface area is 114 Å². The number of carboxylic acids is 1. The van der Waals surface area contributed by atoms with Crippen LogP contribution in [0.4, 0.5) is 10.1 Å². The van der Waals surface area contributed by atoms with Crippen LogP contribution >= 0.6 is 0 Å². The molecule has 0 spiro atoms. The molecule has 0 saturated carbocycles. The number of carbonyl (C=O) groups excluding carboxylic acids is 1. The van der Waals surface area contributed by atoms with Crippen molar-refractivity contribution in [2.75, 3.05) is 25.0 Å². The van der Waals surface area contributed by atoms with E-state index in [4.69, 9.17) is 9.84 Å². The number of amides is 1. The van der Waals surface area contributed by atoms with Crippen LogP contribution in [0, 0.1) is 5.82 Å². The van der Waals surface area contributed by atoms with E-state index in [2.05, 4.69) is 10.6 Å². The Morgan fingerprint density at radius 2 is 2.30 bits per heavy atom. The van der Waals surface area contributed by atoms with Gasteiger partial charge < -0.3 is 20.5 Å². The molecule has 1 aliphatic rings. The molecule has 1 heterocycles. The molecular weight excluding hydrogens is 267 g/mol. The monoisotopic (exact) mass is 282 g/mol. The SMILES string of the molecule is O=C(CC1CNCCO1)Nc1ccc(F)c(C(=O)O)c1. The van der Waals surface area contributed by atoms with Gasteiger partial charge in [-0.15, -0.1) is 0 Å². The number of carboxylic acid groups (broad SMARTS) is 1. The quantitative estimate of drug-likeness (QED) is 0.761. The fourth-order valence-corrected chi connectivity index (χ4v) is 1.94. The summed E-state index contributed by atoms with van der Waals surface area (Å²) < 4.78 is 18.6. The normalized spacial score (nSPS) is 18.6. The van der Waals surface area contributed by atoms with Crippen LogP contribution in [0.25, 0.3) is 0 Å². The van der Waals surface area contributed by atoms with Crippen LogP contribution in [0.1, 0.15) is 16.8 Å². The van der Waals surface area contributed by atoms with Gasteiger partial charge in [0.1, 0.15) is 5.82 Å². The zero-order valence-electron chi connectivity index (χ0n) is 10.7. The molecule has 1 amide bonds. The third-order valence-corrected chi connectivity index (χ3v) is 2.90. The van der Waals surface area contributed by atoms with E-state index in [0.29, 0.717) is 13.2 Å². The number of anilines is 1. The maximum Gasteiger partial charge on any atom is 0.338 e.